The SMILES string of the molecule is O=C(c1cncc(N2CCC(N3CC(O)C3)CC2)n1)N1CCOCC1.O=CO. The summed E-state index contributed by atoms with van der Waals surface area (Å²) in [7, 11) is 0. The van der Waals surface area contributed by atoms with Crippen molar-refractivity contribution in [3.05, 3.63) is 18.1 Å². The lowest BCUT2D eigenvalue weighted by Gasteiger charge is -2.45. The van der Waals surface area contributed by atoms with Crippen LogP contribution in [0.5, 0.6) is 0 Å². The van der Waals surface area contributed by atoms with Crippen molar-refractivity contribution in [3.63, 3.8) is 0 Å². The zero-order valence-corrected chi connectivity index (χ0v) is 15.8. The summed E-state index contributed by atoms with van der Waals surface area (Å²) in [6.07, 6.45) is 5.25. The van der Waals surface area contributed by atoms with Gasteiger partial charge in [-0.05, 0) is 12.8 Å². The van der Waals surface area contributed by atoms with Crippen molar-refractivity contribution in [1.29, 1.82) is 0 Å². The third kappa shape index (κ3) is 4.94. The Morgan fingerprint density at radius 1 is 1.14 bits per heavy atom. The Balaban J connectivity index is 0.000000706. The summed E-state index contributed by atoms with van der Waals surface area (Å²) in [5, 5.41) is 16.3. The summed E-state index contributed by atoms with van der Waals surface area (Å²) in [5.41, 5.74) is 0.410. The van der Waals surface area contributed by atoms with Crippen LogP contribution in [0.25, 0.3) is 0 Å². The number of carbonyl (C=O) groups is 2. The molecule has 3 saturated heterocycles. The Morgan fingerprint density at radius 3 is 2.39 bits per heavy atom. The number of amides is 1. The van der Waals surface area contributed by atoms with Crippen LogP contribution >= 0.6 is 0 Å². The first kappa shape index (κ1) is 20.4. The number of anilines is 1. The number of aromatic nitrogens is 2. The highest BCUT2D eigenvalue weighted by atomic mass is 16.5. The molecule has 28 heavy (non-hydrogen) atoms. The van der Waals surface area contributed by atoms with Gasteiger partial charge < -0.3 is 24.7 Å². The van der Waals surface area contributed by atoms with Gasteiger partial charge in [0.25, 0.3) is 12.4 Å². The van der Waals surface area contributed by atoms with Crippen molar-refractivity contribution < 1.29 is 24.5 Å². The van der Waals surface area contributed by atoms with Gasteiger partial charge in [0.2, 0.25) is 0 Å². The van der Waals surface area contributed by atoms with Gasteiger partial charge in [-0.25, -0.2) is 4.98 Å². The fourth-order valence-electron chi connectivity index (χ4n) is 3.79. The molecule has 4 heterocycles. The lowest BCUT2D eigenvalue weighted by Crippen LogP contribution is -2.57. The molecule has 0 atom stereocenters. The zero-order chi connectivity index (χ0) is 19.9. The van der Waals surface area contributed by atoms with Gasteiger partial charge in [-0.3, -0.25) is 19.5 Å². The highest BCUT2D eigenvalue weighted by Crippen LogP contribution is 2.24. The largest absolute Gasteiger partial charge is 0.483 e. The van der Waals surface area contributed by atoms with Crippen LogP contribution in [0.2, 0.25) is 0 Å². The number of aliphatic hydroxyl groups is 1. The highest BCUT2D eigenvalue weighted by Gasteiger charge is 2.33. The Kier molecular flexibility index (Phi) is 7.12. The number of β-amino-alcohol motifs (C(OH)–C–C–N with tert-alkyl or cyclic N) is 1. The van der Waals surface area contributed by atoms with Crippen molar-refractivity contribution in [3.8, 4) is 0 Å². The molecule has 3 aliphatic rings. The van der Waals surface area contributed by atoms with Crippen LogP contribution in [-0.2, 0) is 9.53 Å². The van der Waals surface area contributed by atoms with E-state index in [4.69, 9.17) is 14.6 Å². The first-order chi connectivity index (χ1) is 13.6. The molecule has 1 amide bonds. The Morgan fingerprint density at radius 2 is 1.79 bits per heavy atom. The lowest BCUT2D eigenvalue weighted by atomic mass is 9.99. The van der Waals surface area contributed by atoms with Gasteiger partial charge in [-0.1, -0.05) is 0 Å². The number of ether oxygens (including phenoxy) is 1. The van der Waals surface area contributed by atoms with E-state index in [0.29, 0.717) is 38.0 Å². The summed E-state index contributed by atoms with van der Waals surface area (Å²) in [6.45, 7) is 5.54. The molecule has 3 fully saturated rings. The van der Waals surface area contributed by atoms with E-state index < -0.39 is 0 Å². The van der Waals surface area contributed by atoms with Crippen molar-refractivity contribution in [2.24, 2.45) is 0 Å². The number of likely N-dealkylation sites (tertiary alicyclic amines) is 1. The molecule has 0 radical (unpaired) electrons. The molecule has 0 aliphatic carbocycles. The minimum atomic E-state index is -0.250. The lowest BCUT2D eigenvalue weighted by molar-refractivity contribution is -0.122. The maximum absolute atomic E-state index is 12.6. The molecular formula is C18H27N5O5. The molecule has 2 N–H and O–H groups in total. The molecule has 4 rings (SSSR count). The maximum atomic E-state index is 12.6. The summed E-state index contributed by atoms with van der Waals surface area (Å²) in [4.78, 5) is 36.1. The van der Waals surface area contributed by atoms with Crippen molar-refractivity contribution in [2.45, 2.75) is 25.0 Å². The average molecular weight is 393 g/mol. The van der Waals surface area contributed by atoms with Crippen LogP contribution < -0.4 is 4.90 Å². The molecule has 0 saturated carbocycles. The summed E-state index contributed by atoms with van der Waals surface area (Å²) in [5.74, 6) is 0.711. The van der Waals surface area contributed by atoms with Gasteiger partial charge in [0.15, 0.2) is 0 Å². The topological polar surface area (TPSA) is 119 Å². The Hall–Kier alpha value is -2.30. The summed E-state index contributed by atoms with van der Waals surface area (Å²) >= 11 is 0. The molecular weight excluding hydrogens is 366 g/mol. The molecule has 1 aromatic rings. The second-order valence-corrected chi connectivity index (χ2v) is 7.10. The van der Waals surface area contributed by atoms with Crippen LogP contribution in [0.4, 0.5) is 5.82 Å². The molecule has 3 aliphatic heterocycles. The van der Waals surface area contributed by atoms with Crippen LogP contribution in [0.1, 0.15) is 23.3 Å². The summed E-state index contributed by atoms with van der Waals surface area (Å²) < 4.78 is 5.30. The van der Waals surface area contributed by atoms with E-state index >= 15 is 0 Å². The number of carbonyl (C=O) groups excluding carboxylic acids is 1. The van der Waals surface area contributed by atoms with Crippen molar-refractivity contribution >= 4 is 18.2 Å². The second kappa shape index (κ2) is 9.76. The average Bonchev–Trinajstić information content (AvgIpc) is 2.72. The first-order valence-corrected chi connectivity index (χ1v) is 9.56. The van der Waals surface area contributed by atoms with Crippen molar-refractivity contribution in [1.82, 2.24) is 19.8 Å². The molecule has 10 heteroatoms. The van der Waals surface area contributed by atoms with Gasteiger partial charge >= 0.3 is 0 Å². The van der Waals surface area contributed by atoms with E-state index in [2.05, 4.69) is 19.8 Å². The predicted octanol–water partition coefficient (Wildman–Crippen LogP) is -0.705. The van der Waals surface area contributed by atoms with Crippen LogP contribution in [0, 0.1) is 0 Å². The number of hydrogen-bond acceptors (Lipinski definition) is 8. The standard InChI is InChI=1S/C17H25N5O3.CH2O2/c23-14-11-22(12-14)13-1-3-20(4-2-13)16-10-18-9-15(19-16)17(24)21-5-7-25-8-6-21;2-1-3/h9-10,13-14,23H,1-8,11-12H2;1H,(H,2,3). The number of nitrogens with zero attached hydrogens (tertiary/aromatic N) is 5. The van der Waals surface area contributed by atoms with E-state index in [1.54, 1.807) is 17.3 Å². The fraction of sp³-hybridized carbons (Fsp3) is 0.667. The van der Waals surface area contributed by atoms with Gasteiger partial charge in [-0.2, -0.15) is 0 Å². The molecule has 0 spiro atoms. The quantitative estimate of drug-likeness (QED) is 0.642. The smallest absolute Gasteiger partial charge is 0.290 e. The number of aliphatic hydroxyl groups excluding tert-OH is 1. The van der Waals surface area contributed by atoms with Crippen LogP contribution in [0.15, 0.2) is 12.4 Å². The molecule has 0 bridgehead atoms. The van der Waals surface area contributed by atoms with Gasteiger partial charge in [0.1, 0.15) is 11.5 Å². The van der Waals surface area contributed by atoms with E-state index in [-0.39, 0.29) is 18.5 Å². The minimum Gasteiger partial charge on any atom is -0.483 e. The maximum Gasteiger partial charge on any atom is 0.290 e. The third-order valence-electron chi connectivity index (χ3n) is 5.33. The first-order valence-electron chi connectivity index (χ1n) is 9.56. The van der Waals surface area contributed by atoms with Gasteiger partial charge in [0.05, 0.1) is 31.7 Å². The number of rotatable bonds is 3. The second-order valence-electron chi connectivity index (χ2n) is 7.10. The molecule has 0 aromatic carbocycles. The minimum absolute atomic E-state index is 0.0675. The van der Waals surface area contributed by atoms with Crippen LogP contribution in [0.3, 0.4) is 0 Å². The van der Waals surface area contributed by atoms with E-state index in [1.807, 2.05) is 0 Å². The molecule has 154 valence electrons. The van der Waals surface area contributed by atoms with E-state index in [0.717, 1.165) is 44.8 Å². The Labute approximate surface area is 163 Å². The number of hydrogen-bond donors (Lipinski definition) is 2. The number of carboxylic acid groups (broad SMARTS) is 1. The summed E-state index contributed by atoms with van der Waals surface area (Å²) in [6, 6.07) is 0.547. The molecule has 1 aromatic heterocycles. The van der Waals surface area contributed by atoms with Gasteiger partial charge in [0, 0.05) is 45.3 Å². The zero-order valence-electron chi connectivity index (χ0n) is 15.8. The van der Waals surface area contributed by atoms with Crippen LogP contribution in [-0.4, -0.2) is 107 Å². The Bertz CT molecular complexity index is 656. The van der Waals surface area contributed by atoms with Crippen molar-refractivity contribution in [2.75, 3.05) is 57.4 Å². The predicted molar refractivity (Wildman–Crippen MR) is 100 cm³/mol. The third-order valence-corrected chi connectivity index (χ3v) is 5.33. The number of piperidine rings is 1. The van der Waals surface area contributed by atoms with E-state index in [9.17, 15) is 9.90 Å². The highest BCUT2D eigenvalue weighted by molar-refractivity contribution is 5.92. The molecule has 0 unspecified atom stereocenters. The number of morpholine rings is 1. The molecule has 10 nitrogen and oxygen atoms in total. The monoisotopic (exact) mass is 393 g/mol. The van der Waals surface area contributed by atoms with E-state index in [1.165, 1.54) is 0 Å². The normalized spacial score (nSPS) is 21.5. The fourth-order valence-corrected chi connectivity index (χ4v) is 3.79. The van der Waals surface area contributed by atoms with Gasteiger partial charge in [-0.15, -0.1) is 0 Å².